The fourth-order valence-corrected chi connectivity index (χ4v) is 7.45. The van der Waals surface area contributed by atoms with Crippen molar-refractivity contribution in [2.24, 2.45) is 28.2 Å². The average Bonchev–Trinajstić information content (AvgIpc) is 4.13. The Bertz CT molecular complexity index is 2170. The summed E-state index contributed by atoms with van der Waals surface area (Å²) in [5.41, 5.74) is 19.1. The number of pyridine rings is 4. The van der Waals surface area contributed by atoms with Gasteiger partial charge in [0.15, 0.2) is 0 Å². The highest BCUT2D eigenvalue weighted by Gasteiger charge is 2.14. The summed E-state index contributed by atoms with van der Waals surface area (Å²) in [5.74, 6) is 0. The van der Waals surface area contributed by atoms with Crippen LogP contribution in [0.15, 0.2) is 98.4 Å². The lowest BCUT2D eigenvalue weighted by Gasteiger charge is -2.08. The van der Waals surface area contributed by atoms with Gasteiger partial charge in [-0.2, -0.15) is 20.4 Å². The van der Waals surface area contributed by atoms with Crippen molar-refractivity contribution in [3.63, 3.8) is 0 Å². The standard InChI is InChI=1S/4C12H15N3.4C2H6/c1-4-10-8-13-6-5-11(10)12-9(2)7-14-15(12)3;1-4-10-5-6-13-8-11(10)12-9(2)7-14-15(12)3;1-4-11-10(6-5-7-13-11)12-9(2)8-14-15(12)3;1-4-10-6-5-7-13-11(10)12-9(2)8-14-15(12)3;4*1-2/h4*5-8H,4H2,1-3H3;4*1-2H3. The molecule has 12 nitrogen and oxygen atoms in total. The molecule has 0 spiro atoms. The van der Waals surface area contributed by atoms with Crippen LogP contribution in [0.25, 0.3) is 45.2 Å². The first-order valence-corrected chi connectivity index (χ1v) is 24.6. The highest BCUT2D eigenvalue weighted by atomic mass is 15.3. The van der Waals surface area contributed by atoms with Gasteiger partial charge < -0.3 is 0 Å². The van der Waals surface area contributed by atoms with Crippen LogP contribution >= 0.6 is 0 Å². The summed E-state index contributed by atoms with van der Waals surface area (Å²) in [6.45, 7) is 32.9. The molecular formula is C56H84N12. The summed E-state index contributed by atoms with van der Waals surface area (Å²) in [7, 11) is 7.86. The predicted octanol–water partition coefficient (Wildman–Crippen LogP) is 13.5. The zero-order chi connectivity index (χ0) is 51.3. The van der Waals surface area contributed by atoms with Crippen molar-refractivity contribution in [1.82, 2.24) is 59.1 Å². The minimum absolute atomic E-state index is 0.945. The Morgan fingerprint density at radius 3 is 1.24 bits per heavy atom. The summed E-state index contributed by atoms with van der Waals surface area (Å²) in [4.78, 5) is 17.2. The SMILES string of the molecule is CC.CC.CC.CC.CCc1cccnc1-c1c(C)cnn1C.CCc1ccncc1-c1c(C)cnn1C.CCc1cnccc1-c1c(C)cnn1C.CCc1ncccc1-c1c(C)cnn1C. The summed E-state index contributed by atoms with van der Waals surface area (Å²) >= 11 is 0. The van der Waals surface area contributed by atoms with Crippen LogP contribution in [-0.2, 0) is 53.9 Å². The van der Waals surface area contributed by atoms with Crippen LogP contribution in [0.1, 0.15) is 128 Å². The molecule has 0 aromatic carbocycles. The van der Waals surface area contributed by atoms with E-state index in [9.17, 15) is 0 Å². The molecule has 0 bridgehead atoms. The second-order valence-corrected chi connectivity index (χ2v) is 14.7. The zero-order valence-corrected chi connectivity index (χ0v) is 45.4. The predicted molar refractivity (Wildman–Crippen MR) is 288 cm³/mol. The summed E-state index contributed by atoms with van der Waals surface area (Å²) in [6, 6.07) is 12.3. The van der Waals surface area contributed by atoms with Crippen LogP contribution in [0.4, 0.5) is 0 Å². The van der Waals surface area contributed by atoms with Crippen LogP contribution in [-0.4, -0.2) is 59.1 Å². The quantitative estimate of drug-likeness (QED) is 0.148. The van der Waals surface area contributed by atoms with Gasteiger partial charge in [-0.05, 0) is 123 Å². The molecule has 0 aliphatic rings. The molecule has 0 aliphatic heterocycles. The van der Waals surface area contributed by atoms with Crippen molar-refractivity contribution in [3.05, 3.63) is 143 Å². The van der Waals surface area contributed by atoms with E-state index in [0.717, 1.165) is 42.8 Å². The maximum absolute atomic E-state index is 4.45. The third kappa shape index (κ3) is 15.8. The van der Waals surface area contributed by atoms with Crippen molar-refractivity contribution >= 4 is 0 Å². The summed E-state index contributed by atoms with van der Waals surface area (Å²) < 4.78 is 7.62. The first kappa shape index (κ1) is 59.5. The van der Waals surface area contributed by atoms with Gasteiger partial charge in [0, 0.05) is 87.8 Å². The Kier molecular flexibility index (Phi) is 28.2. The Labute approximate surface area is 410 Å². The van der Waals surface area contributed by atoms with Crippen molar-refractivity contribution in [1.29, 1.82) is 0 Å². The fraction of sp³-hybridized carbons (Fsp3) is 0.429. The van der Waals surface area contributed by atoms with Gasteiger partial charge in [0.1, 0.15) is 0 Å². The van der Waals surface area contributed by atoms with Gasteiger partial charge in [0.25, 0.3) is 0 Å². The molecule has 8 heterocycles. The van der Waals surface area contributed by atoms with Crippen LogP contribution in [0.3, 0.4) is 0 Å². The average molecular weight is 925 g/mol. The molecule has 0 N–H and O–H groups in total. The van der Waals surface area contributed by atoms with Gasteiger partial charge in [0.2, 0.25) is 0 Å². The molecule has 8 aromatic rings. The molecule has 68 heavy (non-hydrogen) atoms. The maximum Gasteiger partial charge on any atom is 0.0917 e. The molecule has 8 aromatic heterocycles. The summed E-state index contributed by atoms with van der Waals surface area (Å²) in [6.07, 6.45) is 22.7. The van der Waals surface area contributed by atoms with Crippen molar-refractivity contribution < 1.29 is 0 Å². The molecule has 368 valence electrons. The van der Waals surface area contributed by atoms with Crippen LogP contribution in [0, 0.1) is 27.7 Å². The minimum atomic E-state index is 0.945. The first-order chi connectivity index (χ1) is 32.9. The number of hydrogen-bond acceptors (Lipinski definition) is 8. The Hall–Kier alpha value is -6.56. The van der Waals surface area contributed by atoms with Crippen LogP contribution < -0.4 is 0 Å². The smallest absolute Gasteiger partial charge is 0.0917 e. The van der Waals surface area contributed by atoms with E-state index in [1.54, 1.807) is 0 Å². The molecule has 8 rings (SSSR count). The third-order valence-electron chi connectivity index (χ3n) is 10.6. The zero-order valence-electron chi connectivity index (χ0n) is 45.4. The molecule has 0 saturated carbocycles. The van der Waals surface area contributed by atoms with Gasteiger partial charge in [-0.3, -0.25) is 38.7 Å². The van der Waals surface area contributed by atoms with Gasteiger partial charge in [-0.1, -0.05) is 89.2 Å². The molecule has 0 atom stereocenters. The normalized spacial score (nSPS) is 9.71. The van der Waals surface area contributed by atoms with E-state index in [1.807, 2.05) is 176 Å². The molecule has 12 heteroatoms. The highest BCUT2D eigenvalue weighted by Crippen LogP contribution is 2.28. The Morgan fingerprint density at radius 2 is 0.779 bits per heavy atom. The van der Waals surface area contributed by atoms with Crippen molar-refractivity contribution in [2.45, 2.75) is 136 Å². The number of aromatic nitrogens is 12. The first-order valence-electron chi connectivity index (χ1n) is 24.6. The maximum atomic E-state index is 4.45. The Morgan fingerprint density at radius 1 is 0.368 bits per heavy atom. The minimum Gasteiger partial charge on any atom is -0.268 e. The number of rotatable bonds is 8. The van der Waals surface area contributed by atoms with E-state index < -0.39 is 0 Å². The lowest BCUT2D eigenvalue weighted by molar-refractivity contribution is 0.771. The van der Waals surface area contributed by atoms with Gasteiger partial charge >= 0.3 is 0 Å². The molecule has 0 amide bonds. The molecule has 0 aliphatic carbocycles. The second-order valence-electron chi connectivity index (χ2n) is 14.7. The Balaban J connectivity index is 0.000000431. The fourth-order valence-electron chi connectivity index (χ4n) is 7.45. The highest BCUT2D eigenvalue weighted by molar-refractivity contribution is 5.68. The van der Waals surface area contributed by atoms with Gasteiger partial charge in [-0.25, -0.2) is 0 Å². The van der Waals surface area contributed by atoms with E-state index in [4.69, 9.17) is 0 Å². The van der Waals surface area contributed by atoms with E-state index in [0.29, 0.717) is 0 Å². The van der Waals surface area contributed by atoms with Crippen molar-refractivity contribution in [3.8, 4) is 45.2 Å². The topological polar surface area (TPSA) is 123 Å². The van der Waals surface area contributed by atoms with Crippen LogP contribution in [0.2, 0.25) is 0 Å². The molecule has 0 saturated heterocycles. The van der Waals surface area contributed by atoms with E-state index in [-0.39, 0.29) is 0 Å². The molecule has 0 radical (unpaired) electrons. The second kappa shape index (κ2) is 32.2. The van der Waals surface area contributed by atoms with E-state index in [2.05, 4.69) is 120 Å². The number of hydrogen-bond donors (Lipinski definition) is 0. The summed E-state index contributed by atoms with van der Waals surface area (Å²) in [5, 5.41) is 17.0. The number of aryl methyl sites for hydroxylation is 12. The van der Waals surface area contributed by atoms with Crippen molar-refractivity contribution in [2.75, 3.05) is 0 Å². The van der Waals surface area contributed by atoms with Gasteiger partial charge in [-0.15, -0.1) is 0 Å². The molecule has 0 unspecified atom stereocenters. The van der Waals surface area contributed by atoms with Crippen LogP contribution in [0.5, 0.6) is 0 Å². The third-order valence-corrected chi connectivity index (χ3v) is 10.6. The molecular weight excluding hydrogens is 841 g/mol. The van der Waals surface area contributed by atoms with E-state index in [1.165, 1.54) is 72.7 Å². The number of nitrogens with zero attached hydrogens (tertiary/aromatic N) is 12. The molecule has 0 fully saturated rings. The largest absolute Gasteiger partial charge is 0.268 e. The van der Waals surface area contributed by atoms with E-state index >= 15 is 0 Å². The lowest BCUT2D eigenvalue weighted by Crippen LogP contribution is -1.99. The monoisotopic (exact) mass is 925 g/mol. The van der Waals surface area contributed by atoms with Gasteiger partial charge in [0.05, 0.1) is 53.3 Å². The lowest BCUT2D eigenvalue weighted by atomic mass is 10.0.